The number of nitrogens with one attached hydrogen (secondary N) is 7. The van der Waals surface area contributed by atoms with Crippen LogP contribution in [0.5, 0.6) is 0 Å². The van der Waals surface area contributed by atoms with Gasteiger partial charge in [-0.2, -0.15) is 25.1 Å². The number of nitrogens with zero attached hydrogens (tertiary/aromatic N) is 20. The number of hydrogen-bond donors (Lipinski definition) is 8. The van der Waals surface area contributed by atoms with E-state index in [1.165, 1.54) is 5.56 Å². The Morgan fingerprint density at radius 3 is 1.32 bits per heavy atom. The molecule has 11 heterocycles. The Hall–Kier alpha value is -13.9. The zero-order valence-electron chi connectivity index (χ0n) is 71.1. The maximum absolute atomic E-state index is 12.4. The van der Waals surface area contributed by atoms with E-state index in [2.05, 4.69) is 140 Å². The Bertz CT molecular complexity index is 7100. The number of aromatic nitrogens is 22. The lowest BCUT2D eigenvalue weighted by molar-refractivity contribution is -0.143. The number of para-hydroxylation sites is 2. The first-order chi connectivity index (χ1) is 59.5. The Kier molecular flexibility index (Phi) is 24.7. The molecule has 1 saturated heterocycles. The molecule has 0 unspecified atom stereocenters. The second-order valence-electron chi connectivity index (χ2n) is 32.2. The van der Waals surface area contributed by atoms with Gasteiger partial charge in [-0.1, -0.05) is 35.9 Å². The minimum atomic E-state index is -0.757. The van der Waals surface area contributed by atoms with Gasteiger partial charge >= 0.3 is 28.7 Å². The van der Waals surface area contributed by atoms with Crippen LogP contribution in [0.4, 0.5) is 5.69 Å². The summed E-state index contributed by atoms with van der Waals surface area (Å²) in [5.41, 5.74) is 15.1. The van der Waals surface area contributed by atoms with Crippen LogP contribution in [0.1, 0.15) is 93.8 Å². The Morgan fingerprint density at radius 1 is 0.468 bits per heavy atom. The van der Waals surface area contributed by atoms with Gasteiger partial charge in [0.05, 0.1) is 67.6 Å². The summed E-state index contributed by atoms with van der Waals surface area (Å²) < 4.78 is 9.67. The van der Waals surface area contributed by atoms with Crippen molar-refractivity contribution in [3.05, 3.63) is 242 Å². The van der Waals surface area contributed by atoms with Crippen molar-refractivity contribution in [2.24, 2.45) is 13.0 Å². The molecule has 8 aromatic rings. The minimum absolute atomic E-state index is 0.0297. The fourth-order valence-electron chi connectivity index (χ4n) is 16.5. The van der Waals surface area contributed by atoms with Crippen molar-refractivity contribution in [3.63, 3.8) is 0 Å². The van der Waals surface area contributed by atoms with Crippen molar-refractivity contribution in [2.45, 2.75) is 145 Å². The number of fused-ring (bicyclic) bond motifs is 9. The summed E-state index contributed by atoms with van der Waals surface area (Å²) in [6.45, 7) is 23.0. The second kappa shape index (κ2) is 36.0. The van der Waals surface area contributed by atoms with E-state index in [1.54, 1.807) is 0 Å². The lowest BCUT2D eigenvalue weighted by atomic mass is 10.0. The minimum Gasteiger partial charge on any atom is -0.481 e. The summed E-state index contributed by atoms with van der Waals surface area (Å²) in [5, 5.41) is 30.7. The first-order valence-electron chi connectivity index (χ1n) is 41.2. The van der Waals surface area contributed by atoms with Crippen LogP contribution in [0.2, 0.25) is 0 Å². The molecule has 1 aliphatic carbocycles. The van der Waals surface area contributed by atoms with Gasteiger partial charge in [0.15, 0.2) is 51.9 Å². The summed E-state index contributed by atoms with van der Waals surface area (Å²) in [5.74, 6) is 1.67. The highest BCUT2D eigenvalue weighted by atomic mass is 16.4. The number of rotatable bonds is 21. The molecule has 2 fully saturated rings. The lowest BCUT2D eigenvalue weighted by Crippen LogP contribution is -2.40. The molecule has 0 amide bonds. The van der Waals surface area contributed by atoms with Gasteiger partial charge in [-0.25, -0.2) is 44.1 Å². The van der Waals surface area contributed by atoms with Gasteiger partial charge in [0, 0.05) is 104 Å². The summed E-state index contributed by atoms with van der Waals surface area (Å²) in [4.78, 5) is 163. The number of benzene rings is 6. The van der Waals surface area contributed by atoms with E-state index in [4.69, 9.17) is 0 Å². The molecule has 37 nitrogen and oxygen atoms in total. The summed E-state index contributed by atoms with van der Waals surface area (Å²) in [7, 11) is 7.96. The molecular weight excluding hydrogens is 1580 g/mol. The number of aliphatic carboxylic acids is 1. The third kappa shape index (κ3) is 18.0. The van der Waals surface area contributed by atoms with E-state index in [-0.39, 0.29) is 40.6 Å². The molecule has 2 aromatic heterocycles. The van der Waals surface area contributed by atoms with Gasteiger partial charge in [0.1, 0.15) is 5.82 Å². The summed E-state index contributed by atoms with van der Waals surface area (Å²) >= 11 is 0. The van der Waals surface area contributed by atoms with Crippen LogP contribution < -0.4 is 60.5 Å². The molecule has 6 aromatic carbocycles. The van der Waals surface area contributed by atoms with Crippen LogP contribution in [-0.2, 0) is 57.5 Å². The second-order valence-corrected chi connectivity index (χ2v) is 32.2. The summed E-state index contributed by atoms with van der Waals surface area (Å²) in [6, 6.07) is 32.6. The van der Waals surface area contributed by atoms with Gasteiger partial charge in [0.25, 0.3) is 22.2 Å². The number of anilines is 1. The number of carboxylic acid groups (broad SMARTS) is 1. The van der Waals surface area contributed by atoms with Gasteiger partial charge in [-0.15, -0.1) is 10.2 Å². The average Bonchev–Trinajstić information content (AvgIpc) is 1.67. The Morgan fingerprint density at radius 2 is 0.895 bits per heavy atom. The van der Waals surface area contributed by atoms with Crippen molar-refractivity contribution in [2.75, 3.05) is 58.8 Å². The van der Waals surface area contributed by atoms with Crippen molar-refractivity contribution in [1.29, 1.82) is 0 Å². The molecule has 18 rings (SSSR count). The van der Waals surface area contributed by atoms with E-state index in [1.807, 2.05) is 175 Å². The van der Waals surface area contributed by atoms with Crippen molar-refractivity contribution in [3.8, 4) is 46.1 Å². The Balaban J connectivity index is 0.000000128. The number of carbonyl (C=O) groups is 1. The number of tetrazole rings is 1. The van der Waals surface area contributed by atoms with Gasteiger partial charge < -0.3 is 48.4 Å². The normalized spacial score (nSPS) is 14.8. The summed E-state index contributed by atoms with van der Waals surface area (Å²) in [6.07, 6.45) is 5.34. The number of likely N-dealkylation sites (tertiary alicyclic amines) is 1. The molecule has 10 aliphatic rings. The monoisotopic (exact) mass is 1680 g/mol. The maximum atomic E-state index is 12.4. The number of aromatic amines is 5. The SMILES string of the molecule is Cc1cc2nc3c(=O)[nH]c(=O)nc-3n(CCN(C)[C@H]3CCC[C@H]3C(=O)O)c2cc1C.Cc1cc2nc3c(=O)[nH]c(=O)nc-3n(CCN3CCC[C@@H]3Cc3nn[nH]n3)c2cc1C.Cc1cc2nc3c(=O)[nH]c(=O)nc-3n(CCNCc3ccc(N(C)C)cc3)c2cc1C.Cc1cc2nc3c(=O)[nH]c(=O)nc-3n(CCNCc3nc4ccccc4n3C)c2cc1C. The number of carboxylic acids is 1. The molecular formula is C87H97N27O10. The largest absolute Gasteiger partial charge is 0.481 e. The number of aryl methyl sites for hydroxylation is 9. The first kappa shape index (κ1) is 85.1. The van der Waals surface area contributed by atoms with E-state index >= 15 is 0 Å². The highest BCUT2D eigenvalue weighted by Crippen LogP contribution is 2.33. The number of imidazole rings is 1. The van der Waals surface area contributed by atoms with Crippen LogP contribution >= 0.6 is 0 Å². The van der Waals surface area contributed by atoms with Gasteiger partial charge in [-0.3, -0.25) is 48.8 Å². The van der Waals surface area contributed by atoms with Gasteiger partial charge in [0.2, 0.25) is 0 Å². The van der Waals surface area contributed by atoms with Crippen LogP contribution in [0, 0.1) is 61.3 Å². The predicted molar refractivity (Wildman–Crippen MR) is 471 cm³/mol. The van der Waals surface area contributed by atoms with Crippen LogP contribution in [0.25, 0.3) is 101 Å². The molecule has 1 saturated carbocycles. The van der Waals surface area contributed by atoms with E-state index in [0.29, 0.717) is 117 Å². The third-order valence-electron chi connectivity index (χ3n) is 23.8. The first-order valence-corrected chi connectivity index (χ1v) is 41.2. The van der Waals surface area contributed by atoms with Crippen molar-refractivity contribution in [1.82, 2.24) is 129 Å². The molecule has 0 bridgehead atoms. The fraction of sp³-hybridized carbons (Fsp3) is 0.368. The van der Waals surface area contributed by atoms with Crippen molar-refractivity contribution < 1.29 is 9.90 Å². The molecule has 9 aliphatic heterocycles. The molecule has 8 N–H and O–H groups in total. The van der Waals surface area contributed by atoms with Crippen LogP contribution in [-0.4, -0.2) is 195 Å². The quantitative estimate of drug-likeness (QED) is 0.0314. The standard InChI is InChI=1S/C23H23N7O2.C23H26N6O2.C21H25N5O4.C20H23N9O2/c1-13-10-16-18(11-14(13)2)30(21-20(26-16)22(31)28-23(32)27-21)9-8-24-12-19-25-15-6-4-5-7-17(15)29(19)3;1-14-11-18-19(12-15(14)2)29(21-20(25-18)22(30)27-23(31)26-21)10-9-24-13-16-5-7-17(8-6-16)28(3)4;1-11-9-14-16(10-12(11)2)26(18-17(22-14)19(27)24-21(30)23-18)8-7-25(3)15-6-4-5-13(15)20(28)29;1-11-8-14-15(9-12(11)2)29(18-17(21-14)19(30)23-20(31)22-18)7-6-28-5-3-4-13(28)10-16-24-26-27-25-16/h4-7,10-11,24H,8-9,12H2,1-3H3,(H,28,31,32);5-8,11-12,24H,9-10,13H2,1-4H3,(H,27,30,31);9-10,13,15H,4-8H2,1-3H3,(H,28,29)(H,24,27,30);8-9,13H,3-7,10H2,1-2H3,(H,23,30,31)(H,24,25,26,27)/t;;13-,15+;13-/m..11/s1. The highest BCUT2D eigenvalue weighted by Gasteiger charge is 2.36. The third-order valence-corrected chi connectivity index (χ3v) is 23.8. The average molecular weight is 1680 g/mol. The zero-order valence-corrected chi connectivity index (χ0v) is 71.1. The van der Waals surface area contributed by atoms with Crippen LogP contribution in [0.15, 0.2) is 135 Å². The topological polar surface area (TPSA) is 466 Å². The van der Waals surface area contributed by atoms with Gasteiger partial charge in [-0.05, 0) is 218 Å². The zero-order chi connectivity index (χ0) is 87.6. The lowest BCUT2D eigenvalue weighted by Gasteiger charge is -2.28. The molecule has 3 atom stereocenters. The fourth-order valence-corrected chi connectivity index (χ4v) is 16.5. The van der Waals surface area contributed by atoms with E-state index < -0.39 is 51.0 Å². The molecule has 0 spiro atoms. The molecule has 124 heavy (non-hydrogen) atoms. The number of H-pyrrole nitrogens is 5. The molecule has 37 heteroatoms. The number of likely N-dealkylation sites (N-methyl/N-ethyl adjacent to an activating group) is 1. The molecule has 0 radical (unpaired) electrons. The van der Waals surface area contributed by atoms with Crippen LogP contribution in [0.3, 0.4) is 0 Å². The number of hydrogen-bond acceptors (Lipinski definition) is 26. The Labute approximate surface area is 707 Å². The predicted octanol–water partition coefficient (Wildman–Crippen LogP) is 5.74. The van der Waals surface area contributed by atoms with E-state index in [0.717, 1.165) is 134 Å². The molecule has 640 valence electrons. The highest BCUT2D eigenvalue weighted by molar-refractivity contribution is 5.85. The smallest absolute Gasteiger partial charge is 0.349 e. The maximum Gasteiger partial charge on any atom is 0.349 e. The van der Waals surface area contributed by atoms with Crippen molar-refractivity contribution >= 4 is 66.8 Å². The van der Waals surface area contributed by atoms with E-state index in [9.17, 15) is 48.3 Å².